The van der Waals surface area contributed by atoms with E-state index < -0.39 is 5.60 Å². The highest BCUT2D eigenvalue weighted by Gasteiger charge is 2.45. The molecule has 0 amide bonds. The predicted molar refractivity (Wildman–Crippen MR) is 114 cm³/mol. The smallest absolute Gasteiger partial charge is 0.130 e. The maximum absolute atomic E-state index is 12.1. The molecule has 1 heterocycles. The molecule has 1 fully saturated rings. The molecule has 0 saturated carbocycles. The number of nitrogens with zero attached hydrogens (tertiary/aromatic N) is 1. The van der Waals surface area contributed by atoms with Crippen LogP contribution in [0.4, 0.5) is 0 Å². The summed E-state index contributed by atoms with van der Waals surface area (Å²) in [5, 5.41) is 22.6. The summed E-state index contributed by atoms with van der Waals surface area (Å²) in [4.78, 5) is 2.28. The summed E-state index contributed by atoms with van der Waals surface area (Å²) in [6.07, 6.45) is 1.89. The number of methoxy groups -OCH3 is 1. The third-order valence-corrected chi connectivity index (χ3v) is 5.94. The Bertz CT molecular complexity index is 903. The number of likely N-dealkylation sites (tertiary alicyclic amines) is 1. The fourth-order valence-electron chi connectivity index (χ4n) is 4.45. The van der Waals surface area contributed by atoms with Gasteiger partial charge in [0.25, 0.3) is 0 Å². The van der Waals surface area contributed by atoms with Gasteiger partial charge in [-0.05, 0) is 36.6 Å². The van der Waals surface area contributed by atoms with Crippen molar-refractivity contribution in [2.75, 3.05) is 13.7 Å². The molecule has 0 spiro atoms. The third-order valence-electron chi connectivity index (χ3n) is 5.94. The highest BCUT2D eigenvalue weighted by atomic mass is 16.5. The molecule has 3 aromatic rings. The highest BCUT2D eigenvalue weighted by Crippen LogP contribution is 2.41. The van der Waals surface area contributed by atoms with Gasteiger partial charge in [-0.3, -0.25) is 4.90 Å². The van der Waals surface area contributed by atoms with E-state index in [-0.39, 0.29) is 11.8 Å². The lowest BCUT2D eigenvalue weighted by molar-refractivity contribution is -0.00672. The summed E-state index contributed by atoms with van der Waals surface area (Å²) in [6, 6.07) is 25.1. The van der Waals surface area contributed by atoms with E-state index in [0.29, 0.717) is 12.3 Å². The Hall–Kier alpha value is -2.82. The van der Waals surface area contributed by atoms with E-state index in [9.17, 15) is 10.2 Å². The number of phenols is 1. The van der Waals surface area contributed by atoms with Gasteiger partial charge in [0.15, 0.2) is 0 Å². The number of hydrogen-bond donors (Lipinski definition) is 2. The first-order valence-corrected chi connectivity index (χ1v) is 10.1. The van der Waals surface area contributed by atoms with Crippen LogP contribution in [-0.2, 0) is 12.1 Å². The van der Waals surface area contributed by atoms with E-state index in [1.165, 1.54) is 0 Å². The van der Waals surface area contributed by atoms with Crippen LogP contribution in [0.1, 0.15) is 29.5 Å². The lowest BCUT2D eigenvalue weighted by Gasteiger charge is -2.40. The van der Waals surface area contributed by atoms with Crippen LogP contribution in [0.25, 0.3) is 0 Å². The van der Waals surface area contributed by atoms with Gasteiger partial charge < -0.3 is 14.9 Å². The SMILES string of the molecule is COc1ccc(CN2CCC[C@@H]2C(O)(c2ccccc2)c2ccccc2)c(O)c1. The topological polar surface area (TPSA) is 52.9 Å². The van der Waals surface area contributed by atoms with Gasteiger partial charge in [-0.1, -0.05) is 66.7 Å². The van der Waals surface area contributed by atoms with Gasteiger partial charge in [0, 0.05) is 24.2 Å². The summed E-state index contributed by atoms with van der Waals surface area (Å²) < 4.78 is 5.20. The largest absolute Gasteiger partial charge is 0.507 e. The van der Waals surface area contributed by atoms with Crippen molar-refractivity contribution in [3.63, 3.8) is 0 Å². The van der Waals surface area contributed by atoms with Crippen molar-refractivity contribution in [2.24, 2.45) is 0 Å². The van der Waals surface area contributed by atoms with Crippen LogP contribution < -0.4 is 4.74 Å². The number of ether oxygens (including phenoxy) is 1. The maximum Gasteiger partial charge on any atom is 0.130 e. The first-order valence-electron chi connectivity index (χ1n) is 10.1. The molecule has 1 atom stereocenters. The number of rotatable bonds is 6. The van der Waals surface area contributed by atoms with Crippen LogP contribution in [0.5, 0.6) is 11.5 Å². The minimum atomic E-state index is -1.12. The molecule has 2 N–H and O–H groups in total. The molecule has 0 radical (unpaired) electrons. The second-order valence-electron chi connectivity index (χ2n) is 7.62. The standard InChI is InChI=1S/C25H27NO3/c1-29-22-15-14-19(23(27)17-22)18-26-16-8-13-24(26)25(28,20-9-4-2-5-10-20)21-11-6-3-7-12-21/h2-7,9-12,14-15,17,24,27-28H,8,13,16,18H2,1H3/t24-/m1/s1. The predicted octanol–water partition coefficient (Wildman–Crippen LogP) is 4.30. The zero-order chi connectivity index (χ0) is 20.3. The molecule has 4 rings (SSSR count). The number of aliphatic hydroxyl groups is 1. The van der Waals surface area contributed by atoms with Crippen molar-refractivity contribution in [2.45, 2.75) is 31.0 Å². The Morgan fingerprint density at radius 1 is 0.966 bits per heavy atom. The highest BCUT2D eigenvalue weighted by molar-refractivity contribution is 5.41. The molecule has 0 aromatic heterocycles. The second-order valence-corrected chi connectivity index (χ2v) is 7.62. The van der Waals surface area contributed by atoms with E-state index in [2.05, 4.69) is 4.90 Å². The summed E-state index contributed by atoms with van der Waals surface area (Å²) in [6.45, 7) is 1.45. The molecular formula is C25H27NO3. The Morgan fingerprint density at radius 2 is 1.59 bits per heavy atom. The van der Waals surface area contributed by atoms with Crippen molar-refractivity contribution in [1.82, 2.24) is 4.90 Å². The van der Waals surface area contributed by atoms with E-state index >= 15 is 0 Å². The fraction of sp³-hybridized carbons (Fsp3) is 0.280. The molecule has 150 valence electrons. The Morgan fingerprint density at radius 3 is 2.14 bits per heavy atom. The molecule has 4 heteroatoms. The molecule has 1 saturated heterocycles. The van der Waals surface area contributed by atoms with Crippen molar-refractivity contribution in [3.8, 4) is 11.5 Å². The van der Waals surface area contributed by atoms with Gasteiger partial charge in [-0.25, -0.2) is 0 Å². The quantitative estimate of drug-likeness (QED) is 0.660. The van der Waals surface area contributed by atoms with Gasteiger partial charge in [0.2, 0.25) is 0 Å². The number of benzene rings is 3. The minimum Gasteiger partial charge on any atom is -0.507 e. The molecule has 4 nitrogen and oxygen atoms in total. The first kappa shape index (κ1) is 19.5. The van der Waals surface area contributed by atoms with Gasteiger partial charge in [-0.15, -0.1) is 0 Å². The third kappa shape index (κ3) is 3.74. The molecular weight excluding hydrogens is 362 g/mol. The monoisotopic (exact) mass is 389 g/mol. The number of phenolic OH excluding ortho intramolecular Hbond substituents is 1. The van der Waals surface area contributed by atoms with Gasteiger partial charge in [0.05, 0.1) is 7.11 Å². The molecule has 1 aliphatic rings. The zero-order valence-corrected chi connectivity index (χ0v) is 16.7. The molecule has 29 heavy (non-hydrogen) atoms. The van der Waals surface area contributed by atoms with Crippen molar-refractivity contribution < 1.29 is 14.9 Å². The van der Waals surface area contributed by atoms with E-state index in [0.717, 1.165) is 36.1 Å². The van der Waals surface area contributed by atoms with Crippen LogP contribution >= 0.6 is 0 Å². The molecule has 3 aromatic carbocycles. The van der Waals surface area contributed by atoms with Crippen LogP contribution in [-0.4, -0.2) is 34.8 Å². The fourth-order valence-corrected chi connectivity index (χ4v) is 4.45. The number of aromatic hydroxyl groups is 1. The van der Waals surface area contributed by atoms with Gasteiger partial charge in [-0.2, -0.15) is 0 Å². The molecule has 0 aliphatic carbocycles. The molecule has 0 unspecified atom stereocenters. The van der Waals surface area contributed by atoms with E-state index in [4.69, 9.17) is 4.74 Å². The van der Waals surface area contributed by atoms with Crippen molar-refractivity contribution >= 4 is 0 Å². The summed E-state index contributed by atoms with van der Waals surface area (Å²) in [5.41, 5.74) is 1.49. The Labute approximate surface area is 172 Å². The lowest BCUT2D eigenvalue weighted by Crippen LogP contribution is -2.48. The van der Waals surface area contributed by atoms with Crippen LogP contribution in [0, 0.1) is 0 Å². The lowest BCUT2D eigenvalue weighted by atomic mass is 9.79. The van der Waals surface area contributed by atoms with Crippen molar-refractivity contribution in [3.05, 3.63) is 95.6 Å². The van der Waals surface area contributed by atoms with Crippen LogP contribution in [0.2, 0.25) is 0 Å². The molecule has 1 aliphatic heterocycles. The normalized spacial score (nSPS) is 17.4. The van der Waals surface area contributed by atoms with Crippen molar-refractivity contribution in [1.29, 1.82) is 0 Å². The average Bonchev–Trinajstić information content (AvgIpc) is 3.24. The van der Waals surface area contributed by atoms with E-state index in [1.54, 1.807) is 13.2 Å². The summed E-state index contributed by atoms with van der Waals surface area (Å²) in [5.74, 6) is 0.854. The summed E-state index contributed by atoms with van der Waals surface area (Å²) >= 11 is 0. The first-order chi connectivity index (χ1) is 14.1. The summed E-state index contributed by atoms with van der Waals surface area (Å²) in [7, 11) is 1.59. The van der Waals surface area contributed by atoms with Crippen LogP contribution in [0.15, 0.2) is 78.9 Å². The molecule has 0 bridgehead atoms. The second kappa shape index (κ2) is 8.27. The maximum atomic E-state index is 12.1. The zero-order valence-electron chi connectivity index (χ0n) is 16.7. The Balaban J connectivity index is 1.71. The number of hydrogen-bond acceptors (Lipinski definition) is 4. The minimum absolute atomic E-state index is 0.0891. The van der Waals surface area contributed by atoms with E-state index in [1.807, 2.05) is 72.8 Å². The van der Waals surface area contributed by atoms with Gasteiger partial charge in [0.1, 0.15) is 17.1 Å². The Kier molecular flexibility index (Phi) is 5.56. The average molecular weight is 389 g/mol. The van der Waals surface area contributed by atoms with Crippen LogP contribution in [0.3, 0.4) is 0 Å². The van der Waals surface area contributed by atoms with Gasteiger partial charge >= 0.3 is 0 Å².